The van der Waals surface area contributed by atoms with Gasteiger partial charge in [-0.15, -0.1) is 0 Å². The van der Waals surface area contributed by atoms with Gasteiger partial charge in [0.05, 0.1) is 6.54 Å². The van der Waals surface area contributed by atoms with Gasteiger partial charge in [-0.05, 0) is 23.6 Å². The first kappa shape index (κ1) is 17.9. The Balaban J connectivity index is 1.57. The molecule has 0 fully saturated rings. The Morgan fingerprint density at radius 2 is 1.65 bits per heavy atom. The summed E-state index contributed by atoms with van der Waals surface area (Å²) in [6, 6.07) is 18.8. The lowest BCUT2D eigenvalue weighted by molar-refractivity contribution is 0.374. The Hall–Kier alpha value is -2.88. The highest BCUT2D eigenvalue weighted by Gasteiger charge is 2.16. The lowest BCUT2D eigenvalue weighted by Crippen LogP contribution is -2.25. The second-order valence-electron chi connectivity index (χ2n) is 5.37. The maximum atomic E-state index is 13.6. The van der Waals surface area contributed by atoms with E-state index in [2.05, 4.69) is 16.6 Å². The van der Waals surface area contributed by atoms with Crippen molar-refractivity contribution in [2.75, 3.05) is 13.2 Å². The van der Waals surface area contributed by atoms with Crippen molar-refractivity contribution in [3.05, 3.63) is 72.5 Å². The first-order chi connectivity index (χ1) is 12.6. The molecule has 132 valence electrons. The Kier molecular flexibility index (Phi) is 5.52. The maximum absolute atomic E-state index is 13.6. The molecule has 4 nitrogen and oxygen atoms in total. The molecule has 1 N–H and O–H groups in total. The standard InChI is InChI=1S/C20H16FNO3S/c21-18-11-3-4-13-20(18)26(23,24)22-14-5-6-15-25-19-12-7-9-16-8-1-2-10-17(16)19/h1-4,7-13,22H,14-15H2. The lowest BCUT2D eigenvalue weighted by atomic mass is 10.1. The highest BCUT2D eigenvalue weighted by Crippen LogP contribution is 2.24. The third-order valence-electron chi connectivity index (χ3n) is 3.65. The van der Waals surface area contributed by atoms with Gasteiger partial charge in [-0.3, -0.25) is 0 Å². The molecule has 3 aromatic carbocycles. The second kappa shape index (κ2) is 8.00. The fourth-order valence-corrected chi connectivity index (χ4v) is 3.42. The zero-order chi connectivity index (χ0) is 18.4. The zero-order valence-corrected chi connectivity index (χ0v) is 14.6. The van der Waals surface area contributed by atoms with Crippen molar-refractivity contribution in [2.24, 2.45) is 0 Å². The quantitative estimate of drug-likeness (QED) is 0.702. The van der Waals surface area contributed by atoms with Gasteiger partial charge in [-0.25, -0.2) is 12.8 Å². The number of nitrogens with one attached hydrogen (secondary N) is 1. The van der Waals surface area contributed by atoms with Crippen molar-refractivity contribution in [3.8, 4) is 17.6 Å². The number of hydrogen-bond donors (Lipinski definition) is 1. The van der Waals surface area contributed by atoms with Crippen molar-refractivity contribution < 1.29 is 17.5 Å². The van der Waals surface area contributed by atoms with E-state index < -0.39 is 20.7 Å². The van der Waals surface area contributed by atoms with Crippen LogP contribution in [0.5, 0.6) is 5.75 Å². The number of rotatable bonds is 5. The van der Waals surface area contributed by atoms with Gasteiger partial charge in [0, 0.05) is 5.39 Å². The number of ether oxygens (including phenoxy) is 1. The molecule has 3 aromatic rings. The van der Waals surface area contributed by atoms with E-state index in [1.807, 2.05) is 42.5 Å². The average Bonchev–Trinajstić information content (AvgIpc) is 2.65. The summed E-state index contributed by atoms with van der Waals surface area (Å²) in [5.41, 5.74) is 0. The molecule has 0 unspecified atom stereocenters. The Labute approximate surface area is 151 Å². The predicted molar refractivity (Wildman–Crippen MR) is 98.8 cm³/mol. The SMILES string of the molecule is O=S(=O)(NCC#CCOc1cccc2ccccc12)c1ccccc1F. The topological polar surface area (TPSA) is 55.4 Å². The first-order valence-electron chi connectivity index (χ1n) is 7.88. The van der Waals surface area contributed by atoms with Gasteiger partial charge in [0.1, 0.15) is 23.1 Å². The minimum Gasteiger partial charge on any atom is -0.480 e. The van der Waals surface area contributed by atoms with Crippen LogP contribution in [0.25, 0.3) is 10.8 Å². The summed E-state index contributed by atoms with van der Waals surface area (Å²) >= 11 is 0. The largest absolute Gasteiger partial charge is 0.480 e. The predicted octanol–water partition coefficient (Wildman–Crippen LogP) is 3.34. The molecular weight excluding hydrogens is 353 g/mol. The average molecular weight is 369 g/mol. The molecule has 0 bridgehead atoms. The van der Waals surface area contributed by atoms with E-state index in [1.165, 1.54) is 18.2 Å². The van der Waals surface area contributed by atoms with Gasteiger partial charge in [0.15, 0.2) is 0 Å². The molecule has 0 heterocycles. The lowest BCUT2D eigenvalue weighted by Gasteiger charge is -2.06. The maximum Gasteiger partial charge on any atom is 0.244 e. The molecule has 3 rings (SSSR count). The highest BCUT2D eigenvalue weighted by atomic mass is 32.2. The van der Waals surface area contributed by atoms with Crippen LogP contribution >= 0.6 is 0 Å². The number of sulfonamides is 1. The van der Waals surface area contributed by atoms with Crippen LogP contribution < -0.4 is 9.46 Å². The monoisotopic (exact) mass is 369 g/mol. The minimum atomic E-state index is -3.93. The van der Waals surface area contributed by atoms with Crippen molar-refractivity contribution in [3.63, 3.8) is 0 Å². The molecule has 6 heteroatoms. The van der Waals surface area contributed by atoms with Crippen molar-refractivity contribution >= 4 is 20.8 Å². The summed E-state index contributed by atoms with van der Waals surface area (Å²) in [5, 5.41) is 2.05. The van der Waals surface area contributed by atoms with Gasteiger partial charge in [0.2, 0.25) is 10.0 Å². The third-order valence-corrected chi connectivity index (χ3v) is 5.09. The summed E-state index contributed by atoms with van der Waals surface area (Å²) in [6.07, 6.45) is 0. The van der Waals surface area contributed by atoms with E-state index in [9.17, 15) is 12.8 Å². The fraction of sp³-hybridized carbons (Fsp3) is 0.100. The van der Waals surface area contributed by atoms with Crippen LogP contribution in [0.4, 0.5) is 4.39 Å². The molecule has 26 heavy (non-hydrogen) atoms. The third kappa shape index (κ3) is 4.20. The first-order valence-corrected chi connectivity index (χ1v) is 9.37. The summed E-state index contributed by atoms with van der Waals surface area (Å²) in [4.78, 5) is -0.395. The van der Waals surface area contributed by atoms with E-state index in [-0.39, 0.29) is 13.2 Å². The van der Waals surface area contributed by atoms with Crippen LogP contribution in [-0.2, 0) is 10.0 Å². The molecule has 0 aromatic heterocycles. The molecule has 0 saturated heterocycles. The minimum absolute atomic E-state index is 0.120. The molecule has 0 radical (unpaired) electrons. The number of halogens is 1. The molecular formula is C20H16FNO3S. The second-order valence-corrected chi connectivity index (χ2v) is 7.11. The molecule has 0 aliphatic carbocycles. The fourth-order valence-electron chi connectivity index (χ4n) is 2.42. The van der Waals surface area contributed by atoms with Gasteiger partial charge in [-0.2, -0.15) is 4.72 Å². The van der Waals surface area contributed by atoms with Crippen LogP contribution in [0.3, 0.4) is 0 Å². The van der Waals surface area contributed by atoms with E-state index in [4.69, 9.17) is 4.74 Å². The smallest absolute Gasteiger partial charge is 0.244 e. The molecule has 0 aliphatic rings. The number of benzene rings is 3. The van der Waals surface area contributed by atoms with E-state index >= 15 is 0 Å². The number of fused-ring (bicyclic) bond motifs is 1. The summed E-state index contributed by atoms with van der Waals surface area (Å²) in [7, 11) is -3.93. The molecule has 0 aliphatic heterocycles. The van der Waals surface area contributed by atoms with Gasteiger partial charge >= 0.3 is 0 Å². The van der Waals surface area contributed by atoms with Crippen LogP contribution in [-0.4, -0.2) is 21.6 Å². The van der Waals surface area contributed by atoms with E-state index in [0.29, 0.717) is 5.75 Å². The van der Waals surface area contributed by atoms with Gasteiger partial charge in [0.25, 0.3) is 0 Å². The van der Waals surface area contributed by atoms with Crippen LogP contribution in [0.1, 0.15) is 0 Å². The number of hydrogen-bond acceptors (Lipinski definition) is 3. The van der Waals surface area contributed by atoms with Gasteiger partial charge < -0.3 is 4.74 Å². The molecule has 0 atom stereocenters. The van der Waals surface area contributed by atoms with Crippen molar-refractivity contribution in [1.82, 2.24) is 4.72 Å². The van der Waals surface area contributed by atoms with Crippen molar-refractivity contribution in [1.29, 1.82) is 0 Å². The van der Waals surface area contributed by atoms with E-state index in [1.54, 1.807) is 0 Å². The highest BCUT2D eigenvalue weighted by molar-refractivity contribution is 7.89. The van der Waals surface area contributed by atoms with E-state index in [0.717, 1.165) is 16.8 Å². The van der Waals surface area contributed by atoms with Crippen molar-refractivity contribution in [2.45, 2.75) is 4.90 Å². The summed E-state index contributed by atoms with van der Waals surface area (Å²) < 4.78 is 45.5. The normalized spacial score (nSPS) is 11.0. The van der Waals surface area contributed by atoms with Crippen LogP contribution in [0.2, 0.25) is 0 Å². The summed E-state index contributed by atoms with van der Waals surface area (Å²) in [6.45, 7) is -0.00893. The molecule has 0 amide bonds. The molecule has 0 saturated carbocycles. The Morgan fingerprint density at radius 1 is 0.923 bits per heavy atom. The van der Waals surface area contributed by atoms with Crippen LogP contribution in [0, 0.1) is 17.7 Å². The zero-order valence-electron chi connectivity index (χ0n) is 13.8. The van der Waals surface area contributed by atoms with Crippen LogP contribution in [0.15, 0.2) is 71.6 Å². The van der Waals surface area contributed by atoms with Gasteiger partial charge in [-0.1, -0.05) is 60.4 Å². The summed E-state index contributed by atoms with van der Waals surface area (Å²) in [5.74, 6) is 5.32. The Morgan fingerprint density at radius 3 is 2.50 bits per heavy atom. The Bertz CT molecular complexity index is 1080. The molecule has 0 spiro atoms.